The first-order valence-electron chi connectivity index (χ1n) is 9.02. The molecule has 0 aliphatic heterocycles. The van der Waals surface area contributed by atoms with E-state index in [1.165, 1.54) is 11.8 Å². The van der Waals surface area contributed by atoms with Gasteiger partial charge in [0.25, 0.3) is 0 Å². The summed E-state index contributed by atoms with van der Waals surface area (Å²) in [5.41, 5.74) is 9.83. The summed E-state index contributed by atoms with van der Waals surface area (Å²) in [6.07, 6.45) is 7.32. The Labute approximate surface area is 164 Å². The van der Waals surface area contributed by atoms with E-state index in [2.05, 4.69) is 18.6 Å². The minimum absolute atomic E-state index is 0.393. The van der Waals surface area contributed by atoms with E-state index in [0.717, 1.165) is 35.5 Å². The standard InChI is InChI=1S/C20H25ClN2O2S/c1-3-5-11-24-17-14-20(26-19-10-8-7-9-15(19)21)18(13-16(17)23-22)25-12-6-4-2/h7-10,13-14,17H,3-6,11-12H2,1-2H3. The van der Waals surface area contributed by atoms with E-state index >= 15 is 0 Å². The molecule has 2 rings (SSSR count). The topological polar surface area (TPSA) is 54.9 Å². The largest absolute Gasteiger partial charge is 0.492 e. The van der Waals surface area contributed by atoms with Crippen LogP contribution in [-0.4, -0.2) is 29.8 Å². The van der Waals surface area contributed by atoms with E-state index in [0.29, 0.717) is 29.7 Å². The normalized spacial score (nSPS) is 16.7. The van der Waals surface area contributed by atoms with Gasteiger partial charge in [-0.1, -0.05) is 62.2 Å². The maximum Gasteiger partial charge on any atom is 0.328 e. The molecular weight excluding hydrogens is 368 g/mol. The molecule has 0 aromatic heterocycles. The van der Waals surface area contributed by atoms with E-state index in [9.17, 15) is 5.53 Å². The van der Waals surface area contributed by atoms with Crippen LogP contribution in [0.4, 0.5) is 0 Å². The van der Waals surface area contributed by atoms with Crippen LogP contribution in [0.25, 0.3) is 5.53 Å². The number of benzene rings is 1. The molecule has 0 spiro atoms. The zero-order chi connectivity index (χ0) is 18.8. The zero-order valence-electron chi connectivity index (χ0n) is 15.3. The predicted molar refractivity (Wildman–Crippen MR) is 108 cm³/mol. The molecule has 1 aliphatic carbocycles. The summed E-state index contributed by atoms with van der Waals surface area (Å²) in [7, 11) is 0. The molecule has 26 heavy (non-hydrogen) atoms. The molecule has 140 valence electrons. The van der Waals surface area contributed by atoms with Gasteiger partial charge in [-0.3, -0.25) is 0 Å². The van der Waals surface area contributed by atoms with Gasteiger partial charge in [-0.25, -0.2) is 0 Å². The van der Waals surface area contributed by atoms with Crippen LogP contribution < -0.4 is 0 Å². The number of halogens is 1. The highest BCUT2D eigenvalue weighted by atomic mass is 35.5. The molecule has 0 radical (unpaired) electrons. The molecular formula is C20H25ClN2O2S. The molecule has 0 bridgehead atoms. The van der Waals surface area contributed by atoms with Gasteiger partial charge in [-0.2, -0.15) is 4.79 Å². The summed E-state index contributed by atoms with van der Waals surface area (Å²) in [6.45, 7) is 5.45. The molecule has 1 aromatic carbocycles. The molecule has 4 nitrogen and oxygen atoms in total. The summed E-state index contributed by atoms with van der Waals surface area (Å²) < 4.78 is 11.8. The van der Waals surface area contributed by atoms with Gasteiger partial charge >= 0.3 is 5.71 Å². The average molecular weight is 393 g/mol. The molecule has 0 saturated heterocycles. The van der Waals surface area contributed by atoms with Gasteiger partial charge in [0.05, 0.1) is 22.6 Å². The number of ether oxygens (including phenoxy) is 2. The van der Waals surface area contributed by atoms with Gasteiger partial charge in [-0.15, -0.1) is 0 Å². The van der Waals surface area contributed by atoms with Gasteiger partial charge in [-0.05, 0) is 31.1 Å². The van der Waals surface area contributed by atoms with Crippen molar-refractivity contribution in [2.75, 3.05) is 13.2 Å². The third kappa shape index (κ3) is 6.03. The summed E-state index contributed by atoms with van der Waals surface area (Å²) >= 11 is 7.84. The lowest BCUT2D eigenvalue weighted by molar-refractivity contribution is -0.0233. The summed E-state index contributed by atoms with van der Waals surface area (Å²) in [6, 6.07) is 7.70. The Bertz CT molecular complexity index is 712. The van der Waals surface area contributed by atoms with Crippen molar-refractivity contribution in [3.63, 3.8) is 0 Å². The Morgan fingerprint density at radius 2 is 1.88 bits per heavy atom. The summed E-state index contributed by atoms with van der Waals surface area (Å²) in [5.74, 6) is 0.687. The maximum absolute atomic E-state index is 9.38. The molecule has 0 saturated carbocycles. The second kappa shape index (κ2) is 11.2. The molecule has 0 fully saturated rings. The average Bonchev–Trinajstić information content (AvgIpc) is 2.65. The zero-order valence-corrected chi connectivity index (χ0v) is 16.9. The number of hydrogen-bond donors (Lipinski definition) is 0. The van der Waals surface area contributed by atoms with Crippen LogP contribution in [0.15, 0.2) is 52.0 Å². The second-order valence-corrected chi connectivity index (χ2v) is 7.43. The Morgan fingerprint density at radius 1 is 1.15 bits per heavy atom. The molecule has 0 N–H and O–H groups in total. The Hall–Kier alpha value is -1.52. The number of thioether (sulfide) groups is 1. The third-order valence-electron chi connectivity index (χ3n) is 3.84. The number of rotatable bonds is 10. The number of unbranched alkanes of at least 4 members (excludes halogenated alkanes) is 2. The van der Waals surface area contributed by atoms with Gasteiger partial charge in [0, 0.05) is 11.5 Å². The van der Waals surface area contributed by atoms with Crippen molar-refractivity contribution in [2.45, 2.75) is 50.5 Å². The van der Waals surface area contributed by atoms with Gasteiger partial charge in [0.2, 0.25) is 0 Å². The summed E-state index contributed by atoms with van der Waals surface area (Å²) in [5, 5.41) is 0.691. The van der Waals surface area contributed by atoms with Crippen molar-refractivity contribution >= 4 is 29.1 Å². The van der Waals surface area contributed by atoms with Crippen LogP contribution in [0.1, 0.15) is 39.5 Å². The fourth-order valence-corrected chi connectivity index (χ4v) is 3.55. The Balaban J connectivity index is 2.24. The van der Waals surface area contributed by atoms with Crippen LogP contribution in [0.3, 0.4) is 0 Å². The van der Waals surface area contributed by atoms with E-state index < -0.39 is 6.10 Å². The lowest BCUT2D eigenvalue weighted by atomic mass is 10.1. The van der Waals surface area contributed by atoms with E-state index in [4.69, 9.17) is 21.1 Å². The van der Waals surface area contributed by atoms with Crippen molar-refractivity contribution < 1.29 is 14.3 Å². The molecule has 6 heteroatoms. The third-order valence-corrected chi connectivity index (χ3v) is 5.41. The van der Waals surface area contributed by atoms with Gasteiger partial charge in [0.1, 0.15) is 5.76 Å². The molecule has 1 atom stereocenters. The van der Waals surface area contributed by atoms with Gasteiger partial charge < -0.3 is 15.0 Å². The van der Waals surface area contributed by atoms with Crippen molar-refractivity contribution in [1.82, 2.24) is 0 Å². The maximum atomic E-state index is 9.38. The minimum Gasteiger partial charge on any atom is -0.492 e. The SMILES string of the molecule is CCCCOC1=CC(=[N+]=[N-])C(OCCCC)C=C1Sc1ccccc1Cl. The molecule has 1 unspecified atom stereocenters. The lowest BCUT2D eigenvalue weighted by Crippen LogP contribution is -2.26. The highest BCUT2D eigenvalue weighted by molar-refractivity contribution is 8.03. The van der Waals surface area contributed by atoms with E-state index in [-0.39, 0.29) is 0 Å². The first-order valence-corrected chi connectivity index (χ1v) is 10.2. The first-order chi connectivity index (χ1) is 12.7. The Morgan fingerprint density at radius 3 is 2.58 bits per heavy atom. The smallest absolute Gasteiger partial charge is 0.328 e. The molecule has 1 aromatic rings. The van der Waals surface area contributed by atoms with Crippen LogP contribution in [0.5, 0.6) is 0 Å². The number of hydrogen-bond acceptors (Lipinski definition) is 3. The fourth-order valence-electron chi connectivity index (χ4n) is 2.34. The minimum atomic E-state index is -0.393. The van der Waals surface area contributed by atoms with Crippen LogP contribution in [0, 0.1) is 0 Å². The van der Waals surface area contributed by atoms with Crippen LogP contribution in [-0.2, 0) is 9.47 Å². The van der Waals surface area contributed by atoms with E-state index in [1.54, 1.807) is 6.08 Å². The van der Waals surface area contributed by atoms with Crippen LogP contribution >= 0.6 is 23.4 Å². The Kier molecular flexibility index (Phi) is 8.99. The highest BCUT2D eigenvalue weighted by Gasteiger charge is 2.29. The molecule has 1 aliphatic rings. The van der Waals surface area contributed by atoms with Crippen LogP contribution in [0.2, 0.25) is 5.02 Å². The number of nitrogens with zero attached hydrogens (tertiary/aromatic N) is 2. The molecule has 0 heterocycles. The van der Waals surface area contributed by atoms with Crippen molar-refractivity contribution in [1.29, 1.82) is 0 Å². The van der Waals surface area contributed by atoms with Gasteiger partial charge in [0.15, 0.2) is 6.10 Å². The van der Waals surface area contributed by atoms with Crippen molar-refractivity contribution in [3.8, 4) is 0 Å². The van der Waals surface area contributed by atoms with E-state index in [1.807, 2.05) is 30.3 Å². The summed E-state index contributed by atoms with van der Waals surface area (Å²) in [4.78, 5) is 5.27. The quantitative estimate of drug-likeness (QED) is 0.283. The monoisotopic (exact) mass is 392 g/mol. The first kappa shape index (κ1) is 20.8. The van der Waals surface area contributed by atoms with Crippen molar-refractivity contribution in [2.24, 2.45) is 0 Å². The lowest BCUT2D eigenvalue weighted by Gasteiger charge is -2.20. The van der Waals surface area contributed by atoms with Crippen molar-refractivity contribution in [3.05, 3.63) is 57.6 Å². The fraction of sp³-hybridized carbons (Fsp3) is 0.450. The second-order valence-electron chi connectivity index (χ2n) is 5.94. The molecule has 0 amide bonds. The highest BCUT2D eigenvalue weighted by Crippen LogP contribution is 2.38. The predicted octanol–water partition coefficient (Wildman–Crippen LogP) is 5.89.